The number of rotatable bonds is 9. The summed E-state index contributed by atoms with van der Waals surface area (Å²) in [6.07, 6.45) is 0.834. The van der Waals surface area contributed by atoms with E-state index in [9.17, 15) is 14.4 Å². The SMILES string of the molecule is CNC(=O)CN(C)C(=O)CSc1nc2ccccc2c(=O)n1CCC[NH+](C)C. The van der Waals surface area contributed by atoms with Crippen molar-refractivity contribution in [1.29, 1.82) is 0 Å². The number of hydrogen-bond donors (Lipinski definition) is 2. The molecule has 0 spiro atoms. The molecule has 2 rings (SSSR count). The Bertz CT molecular complexity index is 897. The van der Waals surface area contributed by atoms with Crippen molar-refractivity contribution in [3.05, 3.63) is 34.6 Å². The van der Waals surface area contributed by atoms with Crippen LogP contribution in [0.1, 0.15) is 6.42 Å². The lowest BCUT2D eigenvalue weighted by Gasteiger charge is -2.17. The minimum Gasteiger partial charge on any atom is -0.358 e. The molecule has 28 heavy (non-hydrogen) atoms. The summed E-state index contributed by atoms with van der Waals surface area (Å²) in [5.41, 5.74) is 0.531. The second kappa shape index (κ2) is 10.2. The van der Waals surface area contributed by atoms with Crippen LogP contribution in [-0.2, 0) is 16.1 Å². The third kappa shape index (κ3) is 5.80. The lowest BCUT2D eigenvalue weighted by molar-refractivity contribution is -0.858. The fraction of sp³-hybridized carbons (Fsp3) is 0.474. The second-order valence-corrected chi connectivity index (χ2v) is 7.83. The Kier molecular flexibility index (Phi) is 8.01. The first-order valence-electron chi connectivity index (χ1n) is 9.19. The Hall–Kier alpha value is -2.39. The van der Waals surface area contributed by atoms with Gasteiger partial charge in [0.05, 0.1) is 43.8 Å². The molecule has 0 unspecified atom stereocenters. The van der Waals surface area contributed by atoms with E-state index in [4.69, 9.17) is 0 Å². The molecule has 0 aliphatic rings. The molecule has 1 heterocycles. The predicted molar refractivity (Wildman–Crippen MR) is 111 cm³/mol. The molecule has 1 aromatic carbocycles. The molecule has 0 atom stereocenters. The molecule has 2 amide bonds. The average molecular weight is 407 g/mol. The van der Waals surface area contributed by atoms with Crippen molar-refractivity contribution in [2.75, 3.05) is 47.0 Å². The molecule has 2 aromatic rings. The van der Waals surface area contributed by atoms with Crippen molar-refractivity contribution < 1.29 is 14.5 Å². The van der Waals surface area contributed by atoms with Gasteiger partial charge in [0.1, 0.15) is 0 Å². The van der Waals surface area contributed by atoms with Crippen molar-refractivity contribution in [2.24, 2.45) is 0 Å². The monoisotopic (exact) mass is 406 g/mol. The lowest BCUT2D eigenvalue weighted by atomic mass is 10.2. The van der Waals surface area contributed by atoms with Crippen molar-refractivity contribution in [2.45, 2.75) is 18.1 Å². The largest absolute Gasteiger partial charge is 0.358 e. The number of fused-ring (bicyclic) bond motifs is 1. The Morgan fingerprint density at radius 3 is 2.68 bits per heavy atom. The number of para-hydroxylation sites is 1. The van der Waals surface area contributed by atoms with Crippen LogP contribution in [0.5, 0.6) is 0 Å². The molecule has 2 N–H and O–H groups in total. The fourth-order valence-corrected chi connectivity index (χ4v) is 3.63. The molecular weight excluding hydrogens is 378 g/mol. The summed E-state index contributed by atoms with van der Waals surface area (Å²) < 4.78 is 1.65. The van der Waals surface area contributed by atoms with E-state index >= 15 is 0 Å². The van der Waals surface area contributed by atoms with Crippen LogP contribution in [0.15, 0.2) is 34.2 Å². The zero-order valence-corrected chi connectivity index (χ0v) is 17.6. The summed E-state index contributed by atoms with van der Waals surface area (Å²) in [6.45, 7) is 1.48. The minimum absolute atomic E-state index is 0.000536. The van der Waals surface area contributed by atoms with Gasteiger partial charge in [-0.25, -0.2) is 4.98 Å². The number of nitrogens with zero attached hydrogens (tertiary/aromatic N) is 3. The highest BCUT2D eigenvalue weighted by Crippen LogP contribution is 2.18. The van der Waals surface area contributed by atoms with E-state index in [2.05, 4.69) is 24.4 Å². The number of thioether (sulfide) groups is 1. The number of benzene rings is 1. The van der Waals surface area contributed by atoms with Gasteiger partial charge in [-0.05, 0) is 12.1 Å². The topological polar surface area (TPSA) is 88.7 Å². The van der Waals surface area contributed by atoms with Crippen molar-refractivity contribution in [3.8, 4) is 0 Å². The number of aromatic nitrogens is 2. The highest BCUT2D eigenvalue weighted by Gasteiger charge is 2.16. The van der Waals surface area contributed by atoms with Crippen molar-refractivity contribution >= 4 is 34.5 Å². The summed E-state index contributed by atoms with van der Waals surface area (Å²) in [5, 5.41) is 3.60. The van der Waals surface area contributed by atoms with Crippen LogP contribution >= 0.6 is 11.8 Å². The van der Waals surface area contributed by atoms with E-state index in [1.165, 1.54) is 28.6 Å². The van der Waals surface area contributed by atoms with Crippen LogP contribution in [0, 0.1) is 0 Å². The van der Waals surface area contributed by atoms with Gasteiger partial charge >= 0.3 is 0 Å². The van der Waals surface area contributed by atoms with Gasteiger partial charge in [-0.1, -0.05) is 23.9 Å². The summed E-state index contributed by atoms with van der Waals surface area (Å²) in [7, 11) is 7.25. The normalized spacial score (nSPS) is 11.0. The molecule has 0 saturated carbocycles. The van der Waals surface area contributed by atoms with Crippen molar-refractivity contribution in [3.63, 3.8) is 0 Å². The number of carbonyl (C=O) groups excluding carboxylic acids is 2. The van der Waals surface area contributed by atoms with Crippen LogP contribution < -0.4 is 15.8 Å². The van der Waals surface area contributed by atoms with Gasteiger partial charge in [-0.15, -0.1) is 0 Å². The maximum atomic E-state index is 12.9. The number of carbonyl (C=O) groups is 2. The molecule has 1 aromatic heterocycles. The quantitative estimate of drug-likeness (QED) is 0.422. The maximum Gasteiger partial charge on any atom is 0.262 e. The molecule has 0 saturated heterocycles. The highest BCUT2D eigenvalue weighted by molar-refractivity contribution is 7.99. The van der Waals surface area contributed by atoms with Gasteiger partial charge in [0.15, 0.2) is 5.16 Å². The Balaban J connectivity index is 2.22. The smallest absolute Gasteiger partial charge is 0.262 e. The van der Waals surface area contributed by atoms with Gasteiger partial charge in [0, 0.05) is 27.1 Å². The highest BCUT2D eigenvalue weighted by atomic mass is 32.2. The summed E-state index contributed by atoms with van der Waals surface area (Å²) in [6, 6.07) is 7.23. The molecular formula is C19H28N5O3S+. The average Bonchev–Trinajstić information content (AvgIpc) is 2.67. The number of nitrogens with one attached hydrogen (secondary N) is 2. The Morgan fingerprint density at radius 2 is 2.00 bits per heavy atom. The molecule has 8 nitrogen and oxygen atoms in total. The van der Waals surface area contributed by atoms with E-state index in [-0.39, 0.29) is 29.7 Å². The molecule has 0 radical (unpaired) electrons. The first-order chi connectivity index (χ1) is 13.3. The van der Waals surface area contributed by atoms with Gasteiger partial charge < -0.3 is 15.1 Å². The zero-order valence-electron chi connectivity index (χ0n) is 16.8. The number of amides is 2. The van der Waals surface area contributed by atoms with E-state index in [0.29, 0.717) is 22.6 Å². The third-order valence-electron chi connectivity index (χ3n) is 4.30. The number of hydrogen-bond acceptors (Lipinski definition) is 5. The van der Waals surface area contributed by atoms with E-state index in [1.807, 2.05) is 12.1 Å². The van der Waals surface area contributed by atoms with Gasteiger partial charge in [0.25, 0.3) is 5.56 Å². The first-order valence-corrected chi connectivity index (χ1v) is 10.2. The van der Waals surface area contributed by atoms with Crippen LogP contribution in [0.25, 0.3) is 10.9 Å². The standard InChI is InChI=1S/C19H27N5O3S/c1-20-16(25)12-23(4)17(26)13-28-19-21-15-9-6-5-8-14(15)18(27)24(19)11-7-10-22(2)3/h5-6,8-9H,7,10-13H2,1-4H3,(H,20,25)/p+1. The number of quaternary nitrogens is 1. The fourth-order valence-electron chi connectivity index (χ4n) is 2.66. The first kappa shape index (κ1) is 21.9. The summed E-state index contributed by atoms with van der Waals surface area (Å²) >= 11 is 1.23. The van der Waals surface area contributed by atoms with Crippen LogP contribution in [0.2, 0.25) is 0 Å². The van der Waals surface area contributed by atoms with Crippen molar-refractivity contribution in [1.82, 2.24) is 19.8 Å². The lowest BCUT2D eigenvalue weighted by Crippen LogP contribution is -3.05. The van der Waals surface area contributed by atoms with E-state index in [1.54, 1.807) is 23.7 Å². The minimum atomic E-state index is -0.229. The maximum absolute atomic E-state index is 12.9. The van der Waals surface area contributed by atoms with E-state index < -0.39 is 0 Å². The van der Waals surface area contributed by atoms with Gasteiger partial charge in [-0.3, -0.25) is 19.0 Å². The summed E-state index contributed by atoms with van der Waals surface area (Å²) in [5.74, 6) is -0.315. The zero-order chi connectivity index (χ0) is 20.7. The van der Waals surface area contributed by atoms with Crippen LogP contribution in [0.3, 0.4) is 0 Å². The number of likely N-dealkylation sites (N-methyl/N-ethyl adjacent to an activating group) is 2. The van der Waals surface area contributed by atoms with E-state index in [0.717, 1.165) is 13.0 Å². The van der Waals surface area contributed by atoms with Gasteiger partial charge in [-0.2, -0.15) is 0 Å². The van der Waals surface area contributed by atoms with Crippen LogP contribution in [0.4, 0.5) is 0 Å². The third-order valence-corrected chi connectivity index (χ3v) is 5.26. The molecule has 0 aliphatic carbocycles. The molecule has 9 heteroatoms. The Labute approximate surface area is 168 Å². The molecule has 0 bridgehead atoms. The predicted octanol–water partition coefficient (Wildman–Crippen LogP) is -0.772. The molecule has 0 fully saturated rings. The molecule has 152 valence electrons. The van der Waals surface area contributed by atoms with Gasteiger partial charge in [0.2, 0.25) is 11.8 Å². The van der Waals surface area contributed by atoms with Crippen LogP contribution in [-0.4, -0.2) is 73.3 Å². The summed E-state index contributed by atoms with van der Waals surface area (Å²) in [4.78, 5) is 44.0. The second-order valence-electron chi connectivity index (χ2n) is 6.89. The molecule has 0 aliphatic heterocycles. The Morgan fingerprint density at radius 1 is 1.29 bits per heavy atom.